The maximum Gasteiger partial charge on any atom is 0.418 e. The van der Waals surface area contributed by atoms with E-state index in [4.69, 9.17) is 0 Å². The van der Waals surface area contributed by atoms with Crippen molar-refractivity contribution < 1.29 is 23.1 Å². The van der Waals surface area contributed by atoms with E-state index < -0.39 is 17.8 Å². The van der Waals surface area contributed by atoms with Crippen molar-refractivity contribution >= 4 is 17.4 Å². The molecular weight excluding hydrogens is 297 g/mol. The van der Waals surface area contributed by atoms with Crippen LogP contribution in [0.15, 0.2) is 48.5 Å². The van der Waals surface area contributed by atoms with Crippen LogP contribution in [0.4, 0.5) is 29.3 Å². The van der Waals surface area contributed by atoms with Crippen molar-refractivity contribution in [2.45, 2.75) is 6.18 Å². The van der Waals surface area contributed by atoms with Gasteiger partial charge in [-0.05, 0) is 36.4 Å². The molecule has 4 nitrogen and oxygen atoms in total. The lowest BCUT2D eigenvalue weighted by Crippen LogP contribution is -2.31. The SMILES string of the molecule is CN(C(=O)Nc1ccccc1C(F)(F)F)c1ccc(O)cc1. The first-order chi connectivity index (χ1) is 10.3. The molecule has 22 heavy (non-hydrogen) atoms. The Bertz CT molecular complexity index is 669. The molecule has 0 saturated heterocycles. The van der Waals surface area contributed by atoms with Crippen molar-refractivity contribution in [1.29, 1.82) is 0 Å². The Morgan fingerprint density at radius 2 is 1.68 bits per heavy atom. The van der Waals surface area contributed by atoms with Crippen molar-refractivity contribution in [2.75, 3.05) is 17.3 Å². The van der Waals surface area contributed by atoms with Gasteiger partial charge >= 0.3 is 12.2 Å². The number of phenolic OH excluding ortho intramolecular Hbond substituents is 1. The van der Waals surface area contributed by atoms with Gasteiger partial charge in [-0.1, -0.05) is 12.1 Å². The van der Waals surface area contributed by atoms with Gasteiger partial charge in [0.25, 0.3) is 0 Å². The highest BCUT2D eigenvalue weighted by Gasteiger charge is 2.33. The van der Waals surface area contributed by atoms with Crippen LogP contribution in [-0.2, 0) is 6.18 Å². The van der Waals surface area contributed by atoms with Crippen LogP contribution < -0.4 is 10.2 Å². The second-order valence-electron chi connectivity index (χ2n) is 4.55. The lowest BCUT2D eigenvalue weighted by atomic mass is 10.1. The Morgan fingerprint density at radius 1 is 1.09 bits per heavy atom. The summed E-state index contributed by atoms with van der Waals surface area (Å²) in [5.41, 5.74) is -0.798. The number of halogens is 3. The van der Waals surface area contributed by atoms with Crippen LogP contribution in [0.3, 0.4) is 0 Å². The van der Waals surface area contributed by atoms with Crippen LogP contribution in [0.2, 0.25) is 0 Å². The van der Waals surface area contributed by atoms with Gasteiger partial charge in [0.1, 0.15) is 5.75 Å². The minimum absolute atomic E-state index is 0.0278. The number of hydrogen-bond donors (Lipinski definition) is 2. The highest BCUT2D eigenvalue weighted by atomic mass is 19.4. The van der Waals surface area contributed by atoms with Crippen LogP contribution in [0, 0.1) is 0 Å². The maximum absolute atomic E-state index is 12.9. The smallest absolute Gasteiger partial charge is 0.418 e. The summed E-state index contributed by atoms with van der Waals surface area (Å²) in [6.45, 7) is 0. The van der Waals surface area contributed by atoms with Crippen molar-refractivity contribution in [1.82, 2.24) is 0 Å². The van der Waals surface area contributed by atoms with E-state index in [2.05, 4.69) is 5.32 Å². The lowest BCUT2D eigenvalue weighted by Gasteiger charge is -2.20. The van der Waals surface area contributed by atoms with Crippen molar-refractivity contribution in [3.8, 4) is 5.75 Å². The van der Waals surface area contributed by atoms with Gasteiger partial charge in [-0.3, -0.25) is 4.90 Å². The predicted molar refractivity (Wildman–Crippen MR) is 77.0 cm³/mol. The number of alkyl halides is 3. The molecule has 0 atom stereocenters. The van der Waals surface area contributed by atoms with Crippen LogP contribution in [0.25, 0.3) is 0 Å². The predicted octanol–water partition coefficient (Wildman–Crippen LogP) is 4.08. The largest absolute Gasteiger partial charge is 0.508 e. The molecule has 2 N–H and O–H groups in total. The number of hydrogen-bond acceptors (Lipinski definition) is 2. The highest BCUT2D eigenvalue weighted by molar-refractivity contribution is 6.01. The number of para-hydroxylation sites is 1. The van der Waals surface area contributed by atoms with Gasteiger partial charge in [0.2, 0.25) is 0 Å². The topological polar surface area (TPSA) is 52.6 Å². The molecule has 2 amide bonds. The first kappa shape index (κ1) is 15.7. The molecule has 7 heteroatoms. The number of amides is 2. The molecule has 0 bridgehead atoms. The van der Waals surface area contributed by atoms with Gasteiger partial charge in [0.15, 0.2) is 0 Å². The molecule has 0 saturated carbocycles. The third-order valence-corrected chi connectivity index (χ3v) is 3.02. The van der Waals surface area contributed by atoms with Gasteiger partial charge in [-0.25, -0.2) is 4.79 Å². The normalized spacial score (nSPS) is 11.1. The summed E-state index contributed by atoms with van der Waals surface area (Å²) in [6, 6.07) is 9.73. The molecule has 2 aromatic carbocycles. The molecule has 0 spiro atoms. The number of carbonyl (C=O) groups excluding carboxylic acids is 1. The summed E-state index contributed by atoms with van der Waals surface area (Å²) in [5, 5.41) is 11.4. The molecule has 0 fully saturated rings. The fraction of sp³-hybridized carbons (Fsp3) is 0.133. The summed E-state index contributed by atoms with van der Waals surface area (Å²) in [5.74, 6) is 0.0278. The van der Waals surface area contributed by atoms with Gasteiger partial charge in [-0.15, -0.1) is 0 Å². The van der Waals surface area contributed by atoms with E-state index in [1.54, 1.807) is 0 Å². The van der Waals surface area contributed by atoms with E-state index >= 15 is 0 Å². The Balaban J connectivity index is 2.20. The van der Waals surface area contributed by atoms with Crippen molar-refractivity contribution in [3.05, 3.63) is 54.1 Å². The summed E-state index contributed by atoms with van der Waals surface area (Å²) in [6.07, 6.45) is -4.55. The summed E-state index contributed by atoms with van der Waals surface area (Å²) in [7, 11) is 1.41. The first-order valence-corrected chi connectivity index (χ1v) is 6.29. The third-order valence-electron chi connectivity index (χ3n) is 3.02. The molecule has 2 aromatic rings. The minimum atomic E-state index is -4.55. The molecular formula is C15H13F3N2O2. The summed E-state index contributed by atoms with van der Waals surface area (Å²) in [4.78, 5) is 13.2. The molecule has 0 aliphatic carbocycles. The summed E-state index contributed by atoms with van der Waals surface area (Å²) < 4.78 is 38.6. The number of rotatable bonds is 2. The monoisotopic (exact) mass is 310 g/mol. The second-order valence-corrected chi connectivity index (χ2v) is 4.55. The van der Waals surface area contributed by atoms with Crippen molar-refractivity contribution in [3.63, 3.8) is 0 Å². The van der Waals surface area contributed by atoms with E-state index in [0.29, 0.717) is 5.69 Å². The molecule has 0 unspecified atom stereocenters. The van der Waals surface area contributed by atoms with Gasteiger partial charge in [0.05, 0.1) is 11.3 Å². The zero-order valence-corrected chi connectivity index (χ0v) is 11.6. The minimum Gasteiger partial charge on any atom is -0.508 e. The van der Waals surface area contributed by atoms with E-state index in [0.717, 1.165) is 11.0 Å². The fourth-order valence-corrected chi connectivity index (χ4v) is 1.83. The zero-order valence-electron chi connectivity index (χ0n) is 11.6. The van der Waals surface area contributed by atoms with E-state index in [-0.39, 0.29) is 11.4 Å². The van der Waals surface area contributed by atoms with E-state index in [9.17, 15) is 23.1 Å². The second kappa shape index (κ2) is 5.97. The maximum atomic E-state index is 12.9. The van der Waals surface area contributed by atoms with Gasteiger partial charge in [0, 0.05) is 12.7 Å². The number of benzene rings is 2. The number of carbonyl (C=O) groups is 1. The van der Waals surface area contributed by atoms with Gasteiger partial charge < -0.3 is 10.4 Å². The fourth-order valence-electron chi connectivity index (χ4n) is 1.83. The zero-order chi connectivity index (χ0) is 16.3. The Hall–Kier alpha value is -2.70. The molecule has 0 radical (unpaired) electrons. The molecule has 0 aliphatic heterocycles. The number of nitrogens with zero attached hydrogens (tertiary/aromatic N) is 1. The Labute approximate surface area is 124 Å². The average molecular weight is 310 g/mol. The Morgan fingerprint density at radius 3 is 2.27 bits per heavy atom. The number of anilines is 2. The number of aromatic hydroxyl groups is 1. The molecule has 0 heterocycles. The molecule has 2 rings (SSSR count). The third kappa shape index (κ3) is 3.49. The van der Waals surface area contributed by atoms with Gasteiger partial charge in [-0.2, -0.15) is 13.2 Å². The first-order valence-electron chi connectivity index (χ1n) is 6.29. The number of nitrogens with one attached hydrogen (secondary N) is 1. The van der Waals surface area contributed by atoms with E-state index in [1.165, 1.54) is 49.5 Å². The van der Waals surface area contributed by atoms with Crippen LogP contribution in [-0.4, -0.2) is 18.2 Å². The van der Waals surface area contributed by atoms with Crippen LogP contribution in [0.1, 0.15) is 5.56 Å². The molecule has 0 aromatic heterocycles. The molecule has 0 aliphatic rings. The van der Waals surface area contributed by atoms with Crippen LogP contribution >= 0.6 is 0 Å². The van der Waals surface area contributed by atoms with E-state index in [1.807, 2.05) is 0 Å². The summed E-state index contributed by atoms with van der Waals surface area (Å²) >= 11 is 0. The lowest BCUT2D eigenvalue weighted by molar-refractivity contribution is -0.136. The Kier molecular flexibility index (Phi) is 4.25. The highest BCUT2D eigenvalue weighted by Crippen LogP contribution is 2.34. The molecule has 116 valence electrons. The quantitative estimate of drug-likeness (QED) is 0.878. The van der Waals surface area contributed by atoms with Crippen molar-refractivity contribution in [2.24, 2.45) is 0 Å². The average Bonchev–Trinajstić information content (AvgIpc) is 2.46. The standard InChI is InChI=1S/C15H13F3N2O2/c1-20(10-6-8-11(21)9-7-10)14(22)19-13-5-3-2-4-12(13)15(16,17)18/h2-9,21H,1H3,(H,19,22). The number of phenols is 1. The van der Waals surface area contributed by atoms with Crippen LogP contribution in [0.5, 0.6) is 5.75 Å². The number of urea groups is 1.